The molecule has 0 radical (unpaired) electrons. The molecule has 2 N–H and O–H groups in total. The second kappa shape index (κ2) is 6.20. The Kier molecular flexibility index (Phi) is 4.78. The van der Waals surface area contributed by atoms with Gasteiger partial charge in [-0.15, -0.1) is 0 Å². The normalized spacial score (nSPS) is 22.1. The number of carbonyl (C=O) groups is 1. The Balaban J connectivity index is 2.17. The molecular formula is C14H19Cl2N3O. The van der Waals surface area contributed by atoms with Gasteiger partial charge in [-0.05, 0) is 24.6 Å². The van der Waals surface area contributed by atoms with Crippen molar-refractivity contribution < 1.29 is 4.79 Å². The van der Waals surface area contributed by atoms with E-state index in [0.29, 0.717) is 29.7 Å². The summed E-state index contributed by atoms with van der Waals surface area (Å²) < 4.78 is 0. The van der Waals surface area contributed by atoms with E-state index >= 15 is 0 Å². The maximum absolute atomic E-state index is 12.2. The van der Waals surface area contributed by atoms with Gasteiger partial charge in [-0.1, -0.05) is 29.3 Å². The molecule has 4 nitrogen and oxygen atoms in total. The fraction of sp³-hybridized carbons (Fsp3) is 0.500. The molecule has 2 rings (SSSR count). The lowest BCUT2D eigenvalue weighted by molar-refractivity contribution is 0.174. The van der Waals surface area contributed by atoms with Crippen LogP contribution in [0.1, 0.15) is 18.4 Å². The molecule has 1 aromatic rings. The SMILES string of the molecule is CCN(C)C(=O)N1C[C@H](c2ccc(Cl)cc2Cl)[C@@H](N)C1. The number of hydrogen-bond acceptors (Lipinski definition) is 2. The molecule has 0 aromatic heterocycles. The van der Waals surface area contributed by atoms with E-state index in [9.17, 15) is 4.79 Å². The molecule has 1 aliphatic heterocycles. The highest BCUT2D eigenvalue weighted by atomic mass is 35.5. The smallest absolute Gasteiger partial charge is 0.319 e. The summed E-state index contributed by atoms with van der Waals surface area (Å²) >= 11 is 12.2. The van der Waals surface area contributed by atoms with Crippen molar-refractivity contribution in [1.82, 2.24) is 9.80 Å². The van der Waals surface area contributed by atoms with Crippen molar-refractivity contribution in [2.75, 3.05) is 26.7 Å². The van der Waals surface area contributed by atoms with Crippen molar-refractivity contribution in [3.05, 3.63) is 33.8 Å². The minimum atomic E-state index is -0.108. The molecule has 0 saturated carbocycles. The summed E-state index contributed by atoms with van der Waals surface area (Å²) in [5, 5.41) is 1.21. The third-order valence-corrected chi connectivity index (χ3v) is 4.36. The Bertz CT molecular complexity index is 509. The number of hydrogen-bond donors (Lipinski definition) is 1. The second-order valence-corrected chi connectivity index (χ2v) is 5.98. The van der Waals surface area contributed by atoms with E-state index in [1.807, 2.05) is 13.0 Å². The van der Waals surface area contributed by atoms with E-state index in [4.69, 9.17) is 28.9 Å². The van der Waals surface area contributed by atoms with E-state index in [1.165, 1.54) is 0 Å². The number of urea groups is 1. The molecule has 2 atom stereocenters. The lowest BCUT2D eigenvalue weighted by atomic mass is 9.95. The molecular weight excluding hydrogens is 297 g/mol. The highest BCUT2D eigenvalue weighted by Gasteiger charge is 2.35. The van der Waals surface area contributed by atoms with Crippen molar-refractivity contribution >= 4 is 29.2 Å². The van der Waals surface area contributed by atoms with E-state index in [1.54, 1.807) is 29.0 Å². The number of amides is 2. The first-order valence-corrected chi connectivity index (χ1v) is 7.40. The van der Waals surface area contributed by atoms with Crippen LogP contribution in [0.4, 0.5) is 4.79 Å². The van der Waals surface area contributed by atoms with Crippen molar-refractivity contribution in [3.8, 4) is 0 Å². The van der Waals surface area contributed by atoms with Gasteiger partial charge in [0.25, 0.3) is 0 Å². The van der Waals surface area contributed by atoms with Crippen LogP contribution in [0.15, 0.2) is 18.2 Å². The van der Waals surface area contributed by atoms with Gasteiger partial charge in [-0.3, -0.25) is 0 Å². The van der Waals surface area contributed by atoms with E-state index in [2.05, 4.69) is 0 Å². The zero-order chi connectivity index (χ0) is 14.9. The third-order valence-electron chi connectivity index (χ3n) is 3.80. The van der Waals surface area contributed by atoms with Gasteiger partial charge in [0.15, 0.2) is 0 Å². The Morgan fingerprint density at radius 3 is 2.75 bits per heavy atom. The molecule has 1 heterocycles. The molecule has 2 amide bonds. The Morgan fingerprint density at radius 1 is 1.45 bits per heavy atom. The molecule has 6 heteroatoms. The van der Waals surface area contributed by atoms with Crippen molar-refractivity contribution in [3.63, 3.8) is 0 Å². The van der Waals surface area contributed by atoms with Gasteiger partial charge < -0.3 is 15.5 Å². The number of likely N-dealkylation sites (tertiary alicyclic amines) is 1. The van der Waals surface area contributed by atoms with Gasteiger partial charge in [0.1, 0.15) is 0 Å². The van der Waals surface area contributed by atoms with Crippen molar-refractivity contribution in [2.24, 2.45) is 5.73 Å². The van der Waals surface area contributed by atoms with Crippen LogP contribution in [0, 0.1) is 0 Å². The summed E-state index contributed by atoms with van der Waals surface area (Å²) in [5.74, 6) is 0.0500. The first-order chi connectivity index (χ1) is 9.43. The molecule has 1 aliphatic rings. The standard InChI is InChI=1S/C14H19Cl2N3O/c1-3-18(2)14(20)19-7-11(13(17)8-19)10-5-4-9(15)6-12(10)16/h4-6,11,13H,3,7-8,17H2,1-2H3/t11-,13+/m1/s1. The molecule has 0 spiro atoms. The summed E-state index contributed by atoms with van der Waals surface area (Å²) in [6.07, 6.45) is 0. The first-order valence-electron chi connectivity index (χ1n) is 6.64. The van der Waals surface area contributed by atoms with Gasteiger partial charge in [0.05, 0.1) is 0 Å². The number of halogens is 2. The first kappa shape index (κ1) is 15.4. The lowest BCUT2D eigenvalue weighted by Crippen LogP contribution is -2.40. The summed E-state index contributed by atoms with van der Waals surface area (Å²) in [5.41, 5.74) is 7.14. The molecule has 20 heavy (non-hydrogen) atoms. The van der Waals surface area contributed by atoms with Crippen LogP contribution >= 0.6 is 23.2 Å². The van der Waals surface area contributed by atoms with Crippen molar-refractivity contribution in [1.29, 1.82) is 0 Å². The maximum Gasteiger partial charge on any atom is 0.319 e. The fourth-order valence-corrected chi connectivity index (χ4v) is 3.04. The summed E-state index contributed by atoms with van der Waals surface area (Å²) in [6, 6.07) is 5.32. The molecule has 0 aliphatic carbocycles. The van der Waals surface area contributed by atoms with E-state index in [0.717, 1.165) is 5.56 Å². The third kappa shape index (κ3) is 3.03. The van der Waals surface area contributed by atoms with Crippen LogP contribution in [-0.2, 0) is 0 Å². The zero-order valence-corrected chi connectivity index (χ0v) is 13.2. The molecule has 110 valence electrons. The Labute approximate surface area is 129 Å². The largest absolute Gasteiger partial charge is 0.328 e. The van der Waals surface area contributed by atoms with Crippen LogP contribution in [-0.4, -0.2) is 48.6 Å². The van der Waals surface area contributed by atoms with Gasteiger partial charge >= 0.3 is 6.03 Å². The molecule has 1 aromatic carbocycles. The van der Waals surface area contributed by atoms with E-state index in [-0.39, 0.29) is 18.0 Å². The average molecular weight is 316 g/mol. The number of nitrogens with zero attached hydrogens (tertiary/aromatic N) is 2. The number of nitrogens with two attached hydrogens (primary N) is 1. The molecule has 1 fully saturated rings. The molecule has 1 saturated heterocycles. The van der Waals surface area contributed by atoms with Crippen LogP contribution in [0.25, 0.3) is 0 Å². The quantitative estimate of drug-likeness (QED) is 0.912. The summed E-state index contributed by atoms with van der Waals surface area (Å²) in [7, 11) is 1.79. The van der Waals surface area contributed by atoms with Crippen LogP contribution in [0.5, 0.6) is 0 Å². The van der Waals surface area contributed by atoms with Crippen LogP contribution in [0.2, 0.25) is 10.0 Å². The predicted octanol–water partition coefficient (Wildman–Crippen LogP) is 2.79. The van der Waals surface area contributed by atoms with Crippen LogP contribution < -0.4 is 5.73 Å². The minimum absolute atomic E-state index is 0.00976. The van der Waals surface area contributed by atoms with Gasteiger partial charge in [-0.25, -0.2) is 4.79 Å². The van der Waals surface area contributed by atoms with Crippen molar-refractivity contribution in [2.45, 2.75) is 18.9 Å². The monoisotopic (exact) mass is 315 g/mol. The summed E-state index contributed by atoms with van der Waals surface area (Å²) in [4.78, 5) is 15.6. The lowest BCUT2D eigenvalue weighted by Gasteiger charge is -2.23. The van der Waals surface area contributed by atoms with Gasteiger partial charge in [-0.2, -0.15) is 0 Å². The van der Waals surface area contributed by atoms with Gasteiger partial charge in [0, 0.05) is 48.7 Å². The van der Waals surface area contributed by atoms with Gasteiger partial charge in [0.2, 0.25) is 0 Å². The number of rotatable bonds is 2. The Hall–Kier alpha value is -0.970. The topological polar surface area (TPSA) is 49.6 Å². The second-order valence-electron chi connectivity index (χ2n) is 5.14. The molecule has 0 unspecified atom stereocenters. The number of carbonyl (C=O) groups excluding carboxylic acids is 1. The highest BCUT2D eigenvalue weighted by Crippen LogP contribution is 2.33. The highest BCUT2D eigenvalue weighted by molar-refractivity contribution is 6.35. The molecule has 0 bridgehead atoms. The predicted molar refractivity (Wildman–Crippen MR) is 82.5 cm³/mol. The minimum Gasteiger partial charge on any atom is -0.328 e. The maximum atomic E-state index is 12.2. The zero-order valence-electron chi connectivity index (χ0n) is 11.6. The summed E-state index contributed by atoms with van der Waals surface area (Å²) in [6.45, 7) is 3.76. The van der Waals surface area contributed by atoms with Crippen LogP contribution in [0.3, 0.4) is 0 Å². The van der Waals surface area contributed by atoms with E-state index < -0.39 is 0 Å². The fourth-order valence-electron chi connectivity index (χ4n) is 2.49. The number of benzene rings is 1. The Morgan fingerprint density at radius 2 is 2.15 bits per heavy atom. The average Bonchev–Trinajstić information content (AvgIpc) is 2.79.